The lowest BCUT2D eigenvalue weighted by Crippen LogP contribution is -2.47. The molecule has 0 saturated carbocycles. The molecule has 0 bridgehead atoms. The minimum Gasteiger partial charge on any atom is -0.504 e. The second-order valence-corrected chi connectivity index (χ2v) is 8.95. The Morgan fingerprint density at radius 2 is 1.86 bits per heavy atom. The Kier molecular flexibility index (Phi) is 11.0. The molecule has 0 aromatic heterocycles. The second-order valence-electron chi connectivity index (χ2n) is 8.95. The molecule has 194 valence electrons. The van der Waals surface area contributed by atoms with Crippen LogP contribution in [0.1, 0.15) is 49.4 Å². The molecule has 2 aromatic carbocycles. The van der Waals surface area contributed by atoms with Gasteiger partial charge < -0.3 is 19.9 Å². The summed E-state index contributed by atoms with van der Waals surface area (Å²) in [5.74, 6) is 0.390. The maximum absolute atomic E-state index is 12.8. The van der Waals surface area contributed by atoms with E-state index >= 15 is 0 Å². The van der Waals surface area contributed by atoms with Gasteiger partial charge in [0.15, 0.2) is 18.1 Å². The van der Waals surface area contributed by atoms with Crippen LogP contribution in [0.25, 0.3) is 0 Å². The van der Waals surface area contributed by atoms with Gasteiger partial charge >= 0.3 is 0 Å². The number of phenols is 1. The summed E-state index contributed by atoms with van der Waals surface area (Å²) in [6, 6.07) is 8.37. The molecule has 2 rings (SSSR count). The lowest BCUT2D eigenvalue weighted by molar-refractivity contribution is -0.130. The Bertz CT molecular complexity index is 1070. The third-order valence-electron chi connectivity index (χ3n) is 5.34. The van der Waals surface area contributed by atoms with Crippen LogP contribution in [0, 0.1) is 19.8 Å². The number of phenolic OH excluding ortho intramolecular Hbond substituents is 1. The minimum atomic E-state index is -0.772. The Balaban J connectivity index is 2.06. The summed E-state index contributed by atoms with van der Waals surface area (Å²) in [4.78, 5) is 25.4. The van der Waals surface area contributed by atoms with Crippen LogP contribution >= 0.6 is 0 Å². The maximum atomic E-state index is 12.8. The highest BCUT2D eigenvalue weighted by Crippen LogP contribution is 2.32. The number of hydrogen-bond donors (Lipinski definition) is 3. The van der Waals surface area contributed by atoms with Crippen molar-refractivity contribution in [3.63, 3.8) is 0 Å². The second kappa shape index (κ2) is 13.9. The monoisotopic (exact) mass is 495 g/mol. The van der Waals surface area contributed by atoms with Crippen LogP contribution in [0.3, 0.4) is 0 Å². The van der Waals surface area contributed by atoms with Crippen LogP contribution in [0.5, 0.6) is 17.2 Å². The molecule has 36 heavy (non-hydrogen) atoms. The quantitative estimate of drug-likeness (QED) is 0.219. The average Bonchev–Trinajstić information content (AvgIpc) is 2.81. The van der Waals surface area contributed by atoms with Crippen LogP contribution in [0.4, 0.5) is 0 Å². The van der Waals surface area contributed by atoms with Crippen molar-refractivity contribution in [3.05, 3.63) is 65.2 Å². The molecular formula is C28H37N3O5. The zero-order chi connectivity index (χ0) is 26.7. The number of carbonyl (C=O) groups excluding carboxylic acids is 2. The number of nitrogens with zero attached hydrogens (tertiary/aromatic N) is 1. The number of aryl methyl sites for hydroxylation is 2. The van der Waals surface area contributed by atoms with E-state index in [1.807, 2.05) is 52.8 Å². The van der Waals surface area contributed by atoms with Gasteiger partial charge in [-0.05, 0) is 68.4 Å². The van der Waals surface area contributed by atoms with Crippen molar-refractivity contribution in [1.29, 1.82) is 0 Å². The number of ether oxygens (including phenoxy) is 2. The van der Waals surface area contributed by atoms with Crippen LogP contribution in [0.2, 0.25) is 0 Å². The predicted octanol–water partition coefficient (Wildman–Crippen LogP) is 4.20. The molecule has 0 spiro atoms. The number of benzene rings is 2. The average molecular weight is 496 g/mol. The Labute approximate surface area is 213 Å². The third-order valence-corrected chi connectivity index (χ3v) is 5.34. The number of nitrogens with one attached hydrogen (secondary N) is 2. The first-order chi connectivity index (χ1) is 17.2. The molecular weight excluding hydrogens is 458 g/mol. The number of hydrazone groups is 1. The first-order valence-corrected chi connectivity index (χ1v) is 12.1. The summed E-state index contributed by atoms with van der Waals surface area (Å²) >= 11 is 0. The van der Waals surface area contributed by atoms with Gasteiger partial charge in [0.25, 0.3) is 11.8 Å². The molecule has 0 aliphatic rings. The highest BCUT2D eigenvalue weighted by Gasteiger charge is 2.22. The molecule has 0 unspecified atom stereocenters. The highest BCUT2D eigenvalue weighted by atomic mass is 16.5. The lowest BCUT2D eigenvalue weighted by atomic mass is 10.0. The van der Waals surface area contributed by atoms with E-state index in [1.54, 1.807) is 18.2 Å². The fourth-order valence-electron chi connectivity index (χ4n) is 3.69. The lowest BCUT2D eigenvalue weighted by Gasteiger charge is -2.19. The van der Waals surface area contributed by atoms with Gasteiger partial charge in [-0.25, -0.2) is 5.43 Å². The zero-order valence-electron chi connectivity index (χ0n) is 21.8. The van der Waals surface area contributed by atoms with Crippen molar-refractivity contribution in [2.75, 3.05) is 13.2 Å². The van der Waals surface area contributed by atoms with Gasteiger partial charge in [0, 0.05) is 5.56 Å². The summed E-state index contributed by atoms with van der Waals surface area (Å²) in [5.41, 5.74) is 5.65. The number of aromatic hydroxyl groups is 1. The summed E-state index contributed by atoms with van der Waals surface area (Å²) in [6.45, 7) is 13.5. The van der Waals surface area contributed by atoms with E-state index in [0.29, 0.717) is 42.1 Å². The van der Waals surface area contributed by atoms with Gasteiger partial charge in [0.05, 0.1) is 12.8 Å². The largest absolute Gasteiger partial charge is 0.504 e. The molecule has 0 radical (unpaired) electrons. The predicted molar refractivity (Wildman–Crippen MR) is 142 cm³/mol. The molecule has 1 atom stereocenters. The van der Waals surface area contributed by atoms with Crippen LogP contribution < -0.4 is 20.2 Å². The first kappa shape index (κ1) is 28.4. The first-order valence-electron chi connectivity index (χ1n) is 12.1. The molecule has 2 amide bonds. The number of rotatable bonds is 13. The van der Waals surface area contributed by atoms with E-state index in [4.69, 9.17) is 9.47 Å². The van der Waals surface area contributed by atoms with E-state index in [0.717, 1.165) is 11.1 Å². The summed E-state index contributed by atoms with van der Waals surface area (Å²) in [6.07, 6.45) is 4.03. The van der Waals surface area contributed by atoms with Crippen molar-refractivity contribution in [1.82, 2.24) is 10.7 Å². The molecule has 0 heterocycles. The summed E-state index contributed by atoms with van der Waals surface area (Å²) in [7, 11) is 0. The molecule has 0 fully saturated rings. The van der Waals surface area contributed by atoms with E-state index < -0.39 is 17.9 Å². The van der Waals surface area contributed by atoms with Crippen LogP contribution in [-0.4, -0.2) is 42.4 Å². The van der Waals surface area contributed by atoms with Gasteiger partial charge in [-0.2, -0.15) is 5.10 Å². The smallest absolute Gasteiger partial charge is 0.262 e. The van der Waals surface area contributed by atoms with Crippen molar-refractivity contribution >= 4 is 18.0 Å². The van der Waals surface area contributed by atoms with Crippen molar-refractivity contribution in [2.24, 2.45) is 11.0 Å². The fourth-order valence-corrected chi connectivity index (χ4v) is 3.69. The Morgan fingerprint density at radius 3 is 2.47 bits per heavy atom. The van der Waals surface area contributed by atoms with Gasteiger partial charge in [0.2, 0.25) is 0 Å². The standard InChI is InChI=1S/C28H37N3O5/c1-7-10-22-14-21(15-24(26(22)33)35-8-2)16-29-31-28(34)23(13-18(3)4)30-25(32)17-36-27-19(5)11-9-12-20(27)6/h7,9,11-12,14-16,18,23,33H,1,8,10,13,17H2,2-6H3,(H,30,32)(H,31,34)/b29-16-/t23-/m1/s1. The normalized spacial score (nSPS) is 11.8. The van der Waals surface area contributed by atoms with Gasteiger partial charge in [-0.1, -0.05) is 38.1 Å². The Hall–Kier alpha value is -3.81. The molecule has 2 aromatic rings. The van der Waals surface area contributed by atoms with Crippen LogP contribution in [0.15, 0.2) is 48.1 Å². The zero-order valence-corrected chi connectivity index (χ0v) is 21.8. The van der Waals surface area contributed by atoms with Crippen molar-refractivity contribution in [3.8, 4) is 17.2 Å². The number of amides is 2. The van der Waals surface area contributed by atoms with Crippen molar-refractivity contribution in [2.45, 2.75) is 53.5 Å². The molecule has 0 saturated heterocycles. The molecule has 8 heteroatoms. The van der Waals surface area contributed by atoms with Gasteiger partial charge in [-0.15, -0.1) is 6.58 Å². The maximum Gasteiger partial charge on any atom is 0.262 e. The minimum absolute atomic E-state index is 0.0563. The number of para-hydroxylation sites is 1. The van der Waals surface area contributed by atoms with Crippen LogP contribution in [-0.2, 0) is 16.0 Å². The third kappa shape index (κ3) is 8.45. The fraction of sp³-hybridized carbons (Fsp3) is 0.393. The van der Waals surface area contributed by atoms with Gasteiger partial charge in [0.1, 0.15) is 11.8 Å². The van der Waals surface area contributed by atoms with Crippen molar-refractivity contribution < 1.29 is 24.2 Å². The summed E-state index contributed by atoms with van der Waals surface area (Å²) < 4.78 is 11.2. The molecule has 0 aliphatic heterocycles. The topological polar surface area (TPSA) is 109 Å². The highest BCUT2D eigenvalue weighted by molar-refractivity contribution is 5.89. The summed E-state index contributed by atoms with van der Waals surface area (Å²) in [5, 5.41) is 17.1. The van der Waals surface area contributed by atoms with E-state index in [2.05, 4.69) is 22.4 Å². The molecule has 8 nitrogen and oxygen atoms in total. The number of allylic oxidation sites excluding steroid dienone is 1. The van der Waals surface area contributed by atoms with E-state index in [-0.39, 0.29) is 18.3 Å². The SMILES string of the molecule is C=CCc1cc(/C=N\NC(=O)[C@@H](CC(C)C)NC(=O)COc2c(C)cccc2C)cc(OCC)c1O. The Morgan fingerprint density at radius 1 is 1.17 bits per heavy atom. The molecule has 3 N–H and O–H groups in total. The van der Waals surface area contributed by atoms with E-state index in [9.17, 15) is 14.7 Å². The number of carbonyl (C=O) groups is 2. The molecule has 0 aliphatic carbocycles. The van der Waals surface area contributed by atoms with Gasteiger partial charge in [-0.3, -0.25) is 9.59 Å². The number of hydrogen-bond acceptors (Lipinski definition) is 6. The van der Waals surface area contributed by atoms with E-state index in [1.165, 1.54) is 6.21 Å².